The zero-order chi connectivity index (χ0) is 17.9. The van der Waals surface area contributed by atoms with Crippen molar-refractivity contribution in [2.75, 3.05) is 6.54 Å². The summed E-state index contributed by atoms with van der Waals surface area (Å²) in [5.41, 5.74) is 0.397. The molecule has 1 aliphatic rings. The van der Waals surface area contributed by atoms with Gasteiger partial charge in [-0.3, -0.25) is 14.5 Å². The second-order valence-electron chi connectivity index (χ2n) is 5.23. The Morgan fingerprint density at radius 3 is 2.62 bits per heavy atom. The van der Waals surface area contributed by atoms with Crippen molar-refractivity contribution in [1.82, 2.24) is 10.0 Å². The molecule has 0 bridgehead atoms. The lowest BCUT2D eigenvalue weighted by atomic mass is 10.2. The monoisotopic (exact) mass is 353 g/mol. The third kappa shape index (κ3) is 3.73. The third-order valence-corrected chi connectivity index (χ3v) is 4.74. The minimum absolute atomic E-state index is 0.0840. The number of nitrogens with one attached hydrogen (secondary N) is 2. The van der Waals surface area contributed by atoms with E-state index in [1.165, 1.54) is 19.9 Å². The lowest BCUT2D eigenvalue weighted by Gasteiger charge is -2.14. The lowest BCUT2D eigenvalue weighted by molar-refractivity contribution is -0.155. The van der Waals surface area contributed by atoms with Gasteiger partial charge >= 0.3 is 5.97 Å². The van der Waals surface area contributed by atoms with Crippen molar-refractivity contribution in [3.63, 3.8) is 0 Å². The number of nitrogens with zero attached hydrogens (tertiary/aromatic N) is 1. The molecule has 2 N–H and O–H groups in total. The Kier molecular flexibility index (Phi) is 5.23. The molecule has 0 saturated carbocycles. The first-order valence-electron chi connectivity index (χ1n) is 7.44. The largest absolute Gasteiger partial charge is 0.451 e. The first-order valence-corrected chi connectivity index (χ1v) is 8.92. The predicted molar refractivity (Wildman–Crippen MR) is 87.0 cm³/mol. The van der Waals surface area contributed by atoms with Gasteiger partial charge in [-0.25, -0.2) is 13.2 Å². The Bertz CT molecular complexity index is 788. The third-order valence-electron chi connectivity index (χ3n) is 3.34. The zero-order valence-corrected chi connectivity index (χ0v) is 14.4. The smallest absolute Gasteiger partial charge is 0.331 e. The minimum atomic E-state index is -3.67. The highest BCUT2D eigenvalue weighted by atomic mass is 32.2. The Labute approximate surface area is 140 Å². The molecule has 8 nitrogen and oxygen atoms in total. The molecule has 1 aromatic carbocycles. The molecule has 2 rings (SSSR count). The maximum Gasteiger partial charge on any atom is 0.331 e. The SMILES string of the molecule is CCNC(=O)[C@@H](C)OC(=O)[C@H](C)N=C1NS(=O)(=O)c2ccccc21. The van der Waals surface area contributed by atoms with Gasteiger partial charge in [0, 0.05) is 12.1 Å². The molecule has 0 aliphatic carbocycles. The van der Waals surface area contributed by atoms with Crippen molar-refractivity contribution in [2.24, 2.45) is 4.99 Å². The van der Waals surface area contributed by atoms with Crippen LogP contribution in [0.1, 0.15) is 26.3 Å². The number of aliphatic imine (C=N–C) groups is 1. The highest BCUT2D eigenvalue weighted by Gasteiger charge is 2.31. The molecule has 1 aromatic rings. The normalized spacial score (nSPS) is 19.0. The van der Waals surface area contributed by atoms with Crippen molar-refractivity contribution in [2.45, 2.75) is 37.8 Å². The number of amidine groups is 1. The Morgan fingerprint density at radius 2 is 1.96 bits per heavy atom. The summed E-state index contributed by atoms with van der Waals surface area (Å²) in [5, 5.41) is 2.54. The van der Waals surface area contributed by atoms with Crippen molar-refractivity contribution in [3.05, 3.63) is 29.8 Å². The molecule has 1 aliphatic heterocycles. The maximum atomic E-state index is 12.0. The van der Waals surface area contributed by atoms with E-state index in [9.17, 15) is 18.0 Å². The van der Waals surface area contributed by atoms with Gasteiger partial charge in [-0.1, -0.05) is 12.1 Å². The topological polar surface area (TPSA) is 114 Å². The summed E-state index contributed by atoms with van der Waals surface area (Å²) in [6.45, 7) is 5.10. The number of hydrogen-bond acceptors (Lipinski definition) is 6. The average Bonchev–Trinajstić information content (AvgIpc) is 2.78. The van der Waals surface area contributed by atoms with Crippen LogP contribution in [0.2, 0.25) is 0 Å². The van der Waals surface area contributed by atoms with Crippen LogP contribution in [0.25, 0.3) is 0 Å². The van der Waals surface area contributed by atoms with Gasteiger partial charge in [0.2, 0.25) is 0 Å². The van der Waals surface area contributed by atoms with Crippen LogP contribution in [0.4, 0.5) is 0 Å². The molecule has 0 saturated heterocycles. The summed E-state index contributed by atoms with van der Waals surface area (Å²) in [7, 11) is -3.67. The van der Waals surface area contributed by atoms with Crippen LogP contribution in [-0.4, -0.2) is 44.8 Å². The summed E-state index contributed by atoms with van der Waals surface area (Å²) in [6.07, 6.45) is -0.951. The molecule has 9 heteroatoms. The first kappa shape index (κ1) is 17.9. The number of ether oxygens (including phenoxy) is 1. The fraction of sp³-hybridized carbons (Fsp3) is 0.400. The van der Waals surface area contributed by atoms with Crippen molar-refractivity contribution in [1.29, 1.82) is 0 Å². The van der Waals surface area contributed by atoms with E-state index >= 15 is 0 Å². The van der Waals surface area contributed by atoms with Gasteiger partial charge in [0.25, 0.3) is 15.9 Å². The van der Waals surface area contributed by atoms with Crippen LogP contribution in [0.5, 0.6) is 0 Å². The van der Waals surface area contributed by atoms with E-state index in [4.69, 9.17) is 4.74 Å². The van der Waals surface area contributed by atoms with E-state index in [0.29, 0.717) is 12.1 Å². The van der Waals surface area contributed by atoms with E-state index in [2.05, 4.69) is 15.0 Å². The van der Waals surface area contributed by atoms with Crippen LogP contribution in [0.3, 0.4) is 0 Å². The average molecular weight is 353 g/mol. The van der Waals surface area contributed by atoms with Gasteiger partial charge in [0.15, 0.2) is 6.10 Å². The molecule has 0 radical (unpaired) electrons. The van der Waals surface area contributed by atoms with Gasteiger partial charge in [0.05, 0.1) is 4.90 Å². The molecule has 130 valence electrons. The Morgan fingerprint density at radius 1 is 1.29 bits per heavy atom. The molecule has 0 spiro atoms. The quantitative estimate of drug-likeness (QED) is 0.733. The summed E-state index contributed by atoms with van der Waals surface area (Å²) >= 11 is 0. The van der Waals surface area contributed by atoms with E-state index in [1.807, 2.05) is 0 Å². The van der Waals surface area contributed by atoms with Gasteiger partial charge < -0.3 is 10.1 Å². The number of sulfonamides is 1. The van der Waals surface area contributed by atoms with Crippen LogP contribution in [-0.2, 0) is 24.3 Å². The predicted octanol–water partition coefficient (Wildman–Crippen LogP) is 0.181. The molecule has 1 amide bonds. The summed E-state index contributed by atoms with van der Waals surface area (Å²) in [5.74, 6) is -1.04. The molecule has 0 fully saturated rings. The number of benzene rings is 1. The first-order chi connectivity index (χ1) is 11.3. The van der Waals surface area contributed by atoms with Crippen molar-refractivity contribution >= 4 is 27.7 Å². The van der Waals surface area contributed by atoms with E-state index < -0.39 is 34.0 Å². The van der Waals surface area contributed by atoms with Gasteiger partial charge in [-0.15, -0.1) is 0 Å². The van der Waals surface area contributed by atoms with Crippen molar-refractivity contribution in [3.8, 4) is 0 Å². The number of rotatable bonds is 5. The molecule has 0 unspecified atom stereocenters. The zero-order valence-electron chi connectivity index (χ0n) is 13.6. The number of carbonyl (C=O) groups excluding carboxylic acids is 2. The highest BCUT2D eigenvalue weighted by Crippen LogP contribution is 2.22. The fourth-order valence-corrected chi connectivity index (χ4v) is 3.36. The Hall–Kier alpha value is -2.42. The number of amides is 1. The second-order valence-corrected chi connectivity index (χ2v) is 6.88. The number of likely N-dealkylation sites (N-methyl/N-ethyl adjacent to an activating group) is 1. The number of carbonyl (C=O) groups is 2. The van der Waals surface area contributed by atoms with Gasteiger partial charge in [0.1, 0.15) is 11.9 Å². The number of esters is 1. The Balaban J connectivity index is 2.14. The number of fused-ring (bicyclic) bond motifs is 1. The molecule has 24 heavy (non-hydrogen) atoms. The van der Waals surface area contributed by atoms with E-state index in [-0.39, 0.29) is 10.7 Å². The summed E-state index contributed by atoms with van der Waals surface area (Å²) in [4.78, 5) is 27.8. The number of hydrogen-bond donors (Lipinski definition) is 2. The molecular weight excluding hydrogens is 334 g/mol. The van der Waals surface area contributed by atoms with Crippen molar-refractivity contribution < 1.29 is 22.7 Å². The standard InChI is InChI=1S/C15H19N3O5S/c1-4-16-14(19)10(3)23-15(20)9(2)17-13-11-7-5-6-8-12(11)24(21,22)18-13/h5-10H,4H2,1-3H3,(H,16,19)(H,17,18)/t9-,10+/m0/s1. The second kappa shape index (κ2) is 7.00. The highest BCUT2D eigenvalue weighted by molar-refractivity contribution is 7.90. The maximum absolute atomic E-state index is 12.0. The molecule has 2 atom stereocenters. The summed E-state index contributed by atoms with van der Waals surface area (Å²) < 4.78 is 31.3. The summed E-state index contributed by atoms with van der Waals surface area (Å²) in [6, 6.07) is 5.37. The van der Waals surface area contributed by atoms with Gasteiger partial charge in [-0.2, -0.15) is 0 Å². The van der Waals surface area contributed by atoms with Crippen LogP contribution < -0.4 is 10.0 Å². The van der Waals surface area contributed by atoms with E-state index in [0.717, 1.165) is 0 Å². The van der Waals surface area contributed by atoms with Crippen LogP contribution in [0.15, 0.2) is 34.2 Å². The van der Waals surface area contributed by atoms with Crippen LogP contribution in [0, 0.1) is 0 Å². The van der Waals surface area contributed by atoms with Gasteiger partial charge in [-0.05, 0) is 32.9 Å². The molecule has 1 heterocycles. The van der Waals surface area contributed by atoms with Crippen LogP contribution >= 0.6 is 0 Å². The lowest BCUT2D eigenvalue weighted by Crippen LogP contribution is -2.37. The molecular formula is C15H19N3O5S. The minimum Gasteiger partial charge on any atom is -0.451 e. The molecule has 0 aromatic heterocycles. The van der Waals surface area contributed by atoms with E-state index in [1.54, 1.807) is 25.1 Å². The fourth-order valence-electron chi connectivity index (χ4n) is 2.12.